The van der Waals surface area contributed by atoms with Crippen molar-refractivity contribution in [1.82, 2.24) is 10.3 Å². The summed E-state index contributed by atoms with van der Waals surface area (Å²) in [7, 11) is 0. The van der Waals surface area contributed by atoms with Crippen LogP contribution in [0.25, 0.3) is 0 Å². The predicted octanol–water partition coefficient (Wildman–Crippen LogP) is 2.44. The van der Waals surface area contributed by atoms with Gasteiger partial charge in [-0.25, -0.2) is 4.79 Å². The molecule has 0 spiro atoms. The van der Waals surface area contributed by atoms with Crippen LogP contribution >= 0.6 is 0 Å². The Balaban J connectivity index is 2.02. The van der Waals surface area contributed by atoms with E-state index < -0.39 is 0 Å². The van der Waals surface area contributed by atoms with E-state index in [0.717, 1.165) is 18.4 Å². The van der Waals surface area contributed by atoms with Crippen molar-refractivity contribution in [3.8, 4) is 0 Å². The second-order valence-electron chi connectivity index (χ2n) is 4.92. The maximum absolute atomic E-state index is 11.7. The molecule has 104 valence electrons. The zero-order valence-corrected chi connectivity index (χ0v) is 11.3. The lowest BCUT2D eigenvalue weighted by Crippen LogP contribution is -2.43. The van der Waals surface area contributed by atoms with Crippen LogP contribution < -0.4 is 5.32 Å². The van der Waals surface area contributed by atoms with Gasteiger partial charge < -0.3 is 14.8 Å². The van der Waals surface area contributed by atoms with Gasteiger partial charge in [0.05, 0.1) is 12.1 Å². The smallest absolute Gasteiger partial charge is 0.407 e. The molecule has 0 aliphatic carbocycles. The Morgan fingerprint density at radius 1 is 1.47 bits per heavy atom. The zero-order chi connectivity index (χ0) is 13.7. The van der Waals surface area contributed by atoms with E-state index >= 15 is 0 Å². The van der Waals surface area contributed by atoms with Crippen molar-refractivity contribution in [3.63, 3.8) is 0 Å². The molecule has 1 aliphatic heterocycles. The van der Waals surface area contributed by atoms with Crippen molar-refractivity contribution >= 4 is 6.09 Å². The Morgan fingerprint density at radius 3 is 2.89 bits per heavy atom. The molecule has 2 rings (SSSR count). The fourth-order valence-corrected chi connectivity index (χ4v) is 2.21. The van der Waals surface area contributed by atoms with Crippen LogP contribution in [0.5, 0.6) is 0 Å². The number of nitrogens with one attached hydrogen (secondary N) is 1. The molecule has 5 nitrogen and oxygen atoms in total. The molecule has 1 aromatic heterocycles. The number of hydrogen-bond acceptors (Lipinski definition) is 4. The van der Waals surface area contributed by atoms with E-state index in [0.29, 0.717) is 6.61 Å². The summed E-state index contributed by atoms with van der Waals surface area (Å²) >= 11 is 0. The molecule has 0 saturated carbocycles. The summed E-state index contributed by atoms with van der Waals surface area (Å²) < 4.78 is 10.9. The highest BCUT2D eigenvalue weighted by Gasteiger charge is 2.29. The Bertz CT molecular complexity index is 408. The highest BCUT2D eigenvalue weighted by atomic mass is 16.6. The summed E-state index contributed by atoms with van der Waals surface area (Å²) in [6.45, 7) is 4.37. The molecule has 5 heteroatoms. The molecule has 2 atom stereocenters. The van der Waals surface area contributed by atoms with E-state index in [1.807, 2.05) is 26.0 Å². The average Bonchev–Trinajstić information content (AvgIpc) is 2.39. The van der Waals surface area contributed by atoms with E-state index in [2.05, 4.69) is 10.3 Å². The van der Waals surface area contributed by atoms with Crippen LogP contribution in [-0.4, -0.2) is 29.8 Å². The molecule has 1 amide bonds. The van der Waals surface area contributed by atoms with Crippen LogP contribution in [0.4, 0.5) is 4.79 Å². The Kier molecular flexibility index (Phi) is 4.74. The molecule has 2 heterocycles. The number of ether oxygens (including phenoxy) is 2. The summed E-state index contributed by atoms with van der Waals surface area (Å²) in [6, 6.07) is 3.78. The molecule has 0 radical (unpaired) electrons. The quantitative estimate of drug-likeness (QED) is 0.911. The minimum atomic E-state index is -0.385. The maximum atomic E-state index is 11.7. The lowest BCUT2D eigenvalue weighted by Gasteiger charge is -2.32. The number of pyridine rings is 1. The van der Waals surface area contributed by atoms with Gasteiger partial charge in [0.15, 0.2) is 0 Å². The van der Waals surface area contributed by atoms with Crippen molar-refractivity contribution in [1.29, 1.82) is 0 Å². The Morgan fingerprint density at radius 2 is 2.21 bits per heavy atom. The lowest BCUT2D eigenvalue weighted by molar-refractivity contribution is -0.0120. The van der Waals surface area contributed by atoms with Crippen molar-refractivity contribution in [2.75, 3.05) is 6.61 Å². The van der Waals surface area contributed by atoms with Crippen molar-refractivity contribution in [2.45, 2.75) is 44.9 Å². The minimum absolute atomic E-state index is 0.0533. The van der Waals surface area contributed by atoms with E-state index in [1.165, 1.54) is 0 Å². The second kappa shape index (κ2) is 6.52. The van der Waals surface area contributed by atoms with E-state index in [-0.39, 0.29) is 24.3 Å². The maximum Gasteiger partial charge on any atom is 0.407 e. The first kappa shape index (κ1) is 13.8. The first-order valence-electron chi connectivity index (χ1n) is 6.65. The fraction of sp³-hybridized carbons (Fsp3) is 0.571. The van der Waals surface area contributed by atoms with Crippen LogP contribution in [-0.2, 0) is 9.47 Å². The number of alkyl carbamates (subject to hydrolysis) is 1. The normalized spacial score (nSPS) is 23.1. The number of carbonyl (C=O) groups excluding carboxylic acids is 1. The standard InChI is InChI=1S/C14H20N2O3/c1-10(2)19-14(17)16-12-4-3-9-18-13(12)11-5-7-15-8-6-11/h5-8,10,12-13H,3-4,9H2,1-2H3,(H,16,17)/t12-,13+/m0/s1. The van der Waals surface area contributed by atoms with Gasteiger partial charge in [-0.05, 0) is 44.4 Å². The van der Waals surface area contributed by atoms with Gasteiger partial charge in [-0.15, -0.1) is 0 Å². The van der Waals surface area contributed by atoms with Gasteiger partial charge in [0, 0.05) is 19.0 Å². The molecular formula is C14H20N2O3. The SMILES string of the molecule is CC(C)OC(=O)N[C@H]1CCCO[C@@H]1c1ccncc1. The highest BCUT2D eigenvalue weighted by Crippen LogP contribution is 2.28. The van der Waals surface area contributed by atoms with Gasteiger partial charge >= 0.3 is 6.09 Å². The van der Waals surface area contributed by atoms with E-state index in [1.54, 1.807) is 12.4 Å². The fourth-order valence-electron chi connectivity index (χ4n) is 2.21. The van der Waals surface area contributed by atoms with Crippen molar-refractivity contribution in [3.05, 3.63) is 30.1 Å². The zero-order valence-electron chi connectivity index (χ0n) is 11.3. The Labute approximate surface area is 113 Å². The molecule has 1 fully saturated rings. The van der Waals surface area contributed by atoms with Gasteiger partial charge in [-0.3, -0.25) is 4.98 Å². The van der Waals surface area contributed by atoms with Crippen molar-refractivity contribution < 1.29 is 14.3 Å². The monoisotopic (exact) mass is 264 g/mol. The minimum Gasteiger partial charge on any atom is -0.447 e. The lowest BCUT2D eigenvalue weighted by atomic mass is 9.97. The summed E-state index contributed by atoms with van der Waals surface area (Å²) in [5.41, 5.74) is 1.03. The molecule has 0 unspecified atom stereocenters. The van der Waals surface area contributed by atoms with Gasteiger partial charge in [0.1, 0.15) is 6.10 Å². The Hall–Kier alpha value is -1.62. The van der Waals surface area contributed by atoms with Crippen LogP contribution in [0.15, 0.2) is 24.5 Å². The summed E-state index contributed by atoms with van der Waals surface area (Å²) in [5.74, 6) is 0. The van der Waals surface area contributed by atoms with Gasteiger partial charge in [-0.2, -0.15) is 0 Å². The molecule has 0 aromatic carbocycles. The molecular weight excluding hydrogens is 244 g/mol. The number of amides is 1. The van der Waals surface area contributed by atoms with Gasteiger partial charge in [-0.1, -0.05) is 0 Å². The number of aromatic nitrogens is 1. The third-order valence-electron chi connectivity index (χ3n) is 3.00. The van der Waals surface area contributed by atoms with Crippen LogP contribution in [0.1, 0.15) is 38.4 Å². The third-order valence-corrected chi connectivity index (χ3v) is 3.00. The summed E-state index contributed by atoms with van der Waals surface area (Å²) in [6.07, 6.45) is 4.66. The molecule has 1 aliphatic rings. The second-order valence-corrected chi connectivity index (χ2v) is 4.92. The highest BCUT2D eigenvalue weighted by molar-refractivity contribution is 5.67. The molecule has 19 heavy (non-hydrogen) atoms. The number of hydrogen-bond donors (Lipinski definition) is 1. The van der Waals surface area contributed by atoms with Crippen LogP contribution in [0.2, 0.25) is 0 Å². The van der Waals surface area contributed by atoms with Gasteiger partial charge in [0.2, 0.25) is 0 Å². The first-order chi connectivity index (χ1) is 9.16. The number of carbonyl (C=O) groups is 1. The van der Waals surface area contributed by atoms with Crippen LogP contribution in [0.3, 0.4) is 0 Å². The summed E-state index contributed by atoms with van der Waals surface area (Å²) in [4.78, 5) is 15.7. The molecule has 1 saturated heterocycles. The van der Waals surface area contributed by atoms with E-state index in [9.17, 15) is 4.79 Å². The first-order valence-corrected chi connectivity index (χ1v) is 6.65. The largest absolute Gasteiger partial charge is 0.447 e. The van der Waals surface area contributed by atoms with Gasteiger partial charge in [0.25, 0.3) is 0 Å². The number of rotatable bonds is 3. The third kappa shape index (κ3) is 3.92. The number of nitrogens with zero attached hydrogens (tertiary/aromatic N) is 1. The molecule has 1 aromatic rings. The predicted molar refractivity (Wildman–Crippen MR) is 70.7 cm³/mol. The van der Waals surface area contributed by atoms with Crippen molar-refractivity contribution in [2.24, 2.45) is 0 Å². The molecule has 0 bridgehead atoms. The topological polar surface area (TPSA) is 60.5 Å². The average molecular weight is 264 g/mol. The van der Waals surface area contributed by atoms with Crippen LogP contribution in [0, 0.1) is 0 Å². The summed E-state index contributed by atoms with van der Waals surface area (Å²) in [5, 5.41) is 2.89. The molecule has 1 N–H and O–H groups in total. The van der Waals surface area contributed by atoms with E-state index in [4.69, 9.17) is 9.47 Å².